The molecule has 0 unspecified atom stereocenters. The van der Waals surface area contributed by atoms with Crippen molar-refractivity contribution < 1.29 is 48.1 Å². The molecular formula is C16H19O11P. The van der Waals surface area contributed by atoms with Crippen LogP contribution in [0.3, 0.4) is 0 Å². The molecule has 0 aliphatic carbocycles. The Hall–Kier alpha value is -1.82. The van der Waals surface area contributed by atoms with Crippen LogP contribution in [-0.2, 0) is 13.8 Å². The zero-order valence-electron chi connectivity index (χ0n) is 14.5. The molecule has 154 valence electrons. The van der Waals surface area contributed by atoms with Crippen LogP contribution in [0.25, 0.3) is 11.0 Å². The topological polar surface area (TPSA) is 176 Å². The fourth-order valence-electron chi connectivity index (χ4n) is 2.83. The van der Waals surface area contributed by atoms with Gasteiger partial charge in [-0.15, -0.1) is 0 Å². The zero-order chi connectivity index (χ0) is 20.6. The van der Waals surface area contributed by atoms with Crippen LogP contribution in [0, 0.1) is 6.92 Å². The molecular weight excluding hydrogens is 399 g/mol. The van der Waals surface area contributed by atoms with Crippen molar-refractivity contribution in [3.63, 3.8) is 0 Å². The van der Waals surface area contributed by atoms with Crippen molar-refractivity contribution in [3.8, 4) is 5.75 Å². The van der Waals surface area contributed by atoms with Crippen molar-refractivity contribution in [3.05, 3.63) is 40.2 Å². The summed E-state index contributed by atoms with van der Waals surface area (Å²) in [5, 5.41) is 30.6. The van der Waals surface area contributed by atoms with E-state index < -0.39 is 50.8 Å². The molecule has 1 aromatic carbocycles. The Bertz CT molecular complexity index is 951. The van der Waals surface area contributed by atoms with E-state index in [4.69, 9.17) is 23.7 Å². The maximum absolute atomic E-state index is 11.5. The summed E-state index contributed by atoms with van der Waals surface area (Å²) in [6, 6.07) is 5.86. The molecule has 5 atom stereocenters. The van der Waals surface area contributed by atoms with E-state index in [0.717, 1.165) is 0 Å². The zero-order valence-corrected chi connectivity index (χ0v) is 15.4. The smallest absolute Gasteiger partial charge is 0.462 e. The molecule has 1 saturated heterocycles. The molecule has 0 bridgehead atoms. The summed E-state index contributed by atoms with van der Waals surface area (Å²) in [6.07, 6.45) is -7.92. The van der Waals surface area contributed by atoms with Gasteiger partial charge >= 0.3 is 13.4 Å². The number of rotatable bonds is 5. The quantitative estimate of drug-likeness (QED) is 0.309. The minimum absolute atomic E-state index is 0.128. The number of hydrogen-bond donors (Lipinski definition) is 5. The van der Waals surface area contributed by atoms with E-state index in [1.807, 2.05) is 0 Å². The number of aliphatic hydroxyl groups excluding tert-OH is 3. The summed E-state index contributed by atoms with van der Waals surface area (Å²) in [7, 11) is -4.84. The first kappa shape index (κ1) is 20.9. The predicted octanol–water partition coefficient (Wildman–Crippen LogP) is -0.603. The van der Waals surface area contributed by atoms with E-state index in [1.165, 1.54) is 18.2 Å². The Kier molecular flexibility index (Phi) is 5.89. The van der Waals surface area contributed by atoms with Crippen molar-refractivity contribution in [2.45, 2.75) is 37.6 Å². The van der Waals surface area contributed by atoms with Gasteiger partial charge in [-0.2, -0.15) is 0 Å². The molecule has 11 nitrogen and oxygen atoms in total. The molecule has 1 fully saturated rings. The lowest BCUT2D eigenvalue weighted by Gasteiger charge is -2.40. The number of aliphatic hydroxyl groups is 3. The Labute approximate surface area is 157 Å². The van der Waals surface area contributed by atoms with Crippen molar-refractivity contribution >= 4 is 18.8 Å². The van der Waals surface area contributed by atoms with Crippen molar-refractivity contribution in [1.82, 2.24) is 0 Å². The van der Waals surface area contributed by atoms with Crippen molar-refractivity contribution in [1.29, 1.82) is 0 Å². The lowest BCUT2D eigenvalue weighted by atomic mass is 9.99. The molecule has 2 heterocycles. The van der Waals surface area contributed by atoms with Gasteiger partial charge in [-0.1, -0.05) is 0 Å². The van der Waals surface area contributed by atoms with Gasteiger partial charge in [0.1, 0.15) is 35.7 Å². The summed E-state index contributed by atoms with van der Waals surface area (Å²) >= 11 is 0. The van der Waals surface area contributed by atoms with Gasteiger partial charge in [0.2, 0.25) is 6.29 Å². The average molecular weight is 418 g/mol. The first-order valence-corrected chi connectivity index (χ1v) is 9.69. The molecule has 1 aromatic heterocycles. The summed E-state index contributed by atoms with van der Waals surface area (Å²) in [5.74, 6) is 0.128. The van der Waals surface area contributed by atoms with Gasteiger partial charge in [0.05, 0.1) is 6.61 Å². The fourth-order valence-corrected chi connectivity index (χ4v) is 3.18. The van der Waals surface area contributed by atoms with Crippen LogP contribution in [0.4, 0.5) is 0 Å². The molecule has 1 aliphatic rings. The highest BCUT2D eigenvalue weighted by Gasteiger charge is 2.45. The largest absolute Gasteiger partial charge is 0.469 e. The van der Waals surface area contributed by atoms with Crippen LogP contribution in [0.2, 0.25) is 0 Å². The molecule has 3 rings (SSSR count). The van der Waals surface area contributed by atoms with Gasteiger partial charge in [0.25, 0.3) is 0 Å². The molecule has 0 amide bonds. The van der Waals surface area contributed by atoms with Crippen LogP contribution >= 0.6 is 7.82 Å². The second-order valence-corrected chi connectivity index (χ2v) is 7.56. The normalized spacial score (nSPS) is 28.4. The summed E-state index contributed by atoms with van der Waals surface area (Å²) in [5.41, 5.74) is 0.374. The van der Waals surface area contributed by atoms with Crippen LogP contribution < -0.4 is 10.4 Å². The van der Waals surface area contributed by atoms with E-state index in [9.17, 15) is 24.7 Å². The molecule has 28 heavy (non-hydrogen) atoms. The van der Waals surface area contributed by atoms with Gasteiger partial charge in [-0.05, 0) is 24.6 Å². The van der Waals surface area contributed by atoms with Gasteiger partial charge in [-0.3, -0.25) is 4.52 Å². The molecule has 1 aliphatic heterocycles. The lowest BCUT2D eigenvalue weighted by Crippen LogP contribution is -2.60. The molecule has 0 spiro atoms. The maximum Gasteiger partial charge on any atom is 0.469 e. The molecule has 2 aromatic rings. The van der Waals surface area contributed by atoms with Gasteiger partial charge in [0.15, 0.2) is 0 Å². The second-order valence-electron chi connectivity index (χ2n) is 6.33. The average Bonchev–Trinajstić information content (AvgIpc) is 2.60. The van der Waals surface area contributed by atoms with Gasteiger partial charge in [-0.25, -0.2) is 9.36 Å². The van der Waals surface area contributed by atoms with E-state index in [0.29, 0.717) is 10.9 Å². The van der Waals surface area contributed by atoms with E-state index in [-0.39, 0.29) is 11.3 Å². The first-order valence-electron chi connectivity index (χ1n) is 8.16. The van der Waals surface area contributed by atoms with E-state index in [1.54, 1.807) is 13.0 Å². The third kappa shape index (κ3) is 4.59. The van der Waals surface area contributed by atoms with Gasteiger partial charge < -0.3 is 39.0 Å². The summed E-state index contributed by atoms with van der Waals surface area (Å²) < 4.78 is 31.0. The highest BCUT2D eigenvalue weighted by molar-refractivity contribution is 7.46. The SMILES string of the molecule is Cc1cc(=O)oc2cc(O[C@@H]3O[C@H](COP(=O)(O)O)[C@H](O)[C@H](O)[C@H]3O)ccc12. The molecule has 0 radical (unpaired) electrons. The minimum atomic E-state index is -4.84. The van der Waals surface area contributed by atoms with Crippen molar-refractivity contribution in [2.24, 2.45) is 0 Å². The Balaban J connectivity index is 1.80. The van der Waals surface area contributed by atoms with Crippen LogP contribution in [0.1, 0.15) is 5.56 Å². The van der Waals surface area contributed by atoms with Crippen LogP contribution in [-0.4, -0.2) is 62.4 Å². The number of hydrogen-bond acceptors (Lipinski definition) is 9. The van der Waals surface area contributed by atoms with E-state index in [2.05, 4.69) is 4.52 Å². The van der Waals surface area contributed by atoms with Crippen molar-refractivity contribution in [2.75, 3.05) is 6.61 Å². The number of aryl methyl sites for hydroxylation is 1. The maximum atomic E-state index is 11.5. The van der Waals surface area contributed by atoms with Crippen LogP contribution in [0.15, 0.2) is 33.5 Å². The fraction of sp³-hybridized carbons (Fsp3) is 0.438. The second kappa shape index (κ2) is 7.90. The minimum Gasteiger partial charge on any atom is -0.462 e. The van der Waals surface area contributed by atoms with Gasteiger partial charge in [0, 0.05) is 17.5 Å². The standard InChI is InChI=1S/C16H19O11P/c1-7-4-12(17)26-10-5-8(2-3-9(7)10)25-16-15(20)14(19)13(18)11(27-16)6-24-28(21,22)23/h2-5,11,13-16,18-20H,6H2,1H3,(H2,21,22,23)/t11-,13+,14+,15-,16-/m1/s1. The number of ether oxygens (including phenoxy) is 2. The lowest BCUT2D eigenvalue weighted by molar-refractivity contribution is -0.276. The number of benzene rings is 1. The number of phosphoric acid groups is 1. The highest BCUT2D eigenvalue weighted by Crippen LogP contribution is 2.37. The molecule has 0 saturated carbocycles. The summed E-state index contributed by atoms with van der Waals surface area (Å²) in [6.45, 7) is 0.984. The molecule has 5 N–H and O–H groups in total. The first-order chi connectivity index (χ1) is 13.0. The number of phosphoric ester groups is 1. The third-order valence-corrected chi connectivity index (χ3v) is 4.74. The monoisotopic (exact) mass is 418 g/mol. The third-order valence-electron chi connectivity index (χ3n) is 4.25. The van der Waals surface area contributed by atoms with Crippen LogP contribution in [0.5, 0.6) is 5.75 Å². The molecule has 12 heteroatoms. The predicted molar refractivity (Wildman–Crippen MR) is 92.5 cm³/mol. The number of fused-ring (bicyclic) bond motifs is 1. The van der Waals surface area contributed by atoms with E-state index >= 15 is 0 Å². The Morgan fingerprint density at radius 3 is 2.50 bits per heavy atom. The Morgan fingerprint density at radius 1 is 1.11 bits per heavy atom. The highest BCUT2D eigenvalue weighted by atomic mass is 31.2. The Morgan fingerprint density at radius 2 is 1.82 bits per heavy atom. The summed E-state index contributed by atoms with van der Waals surface area (Å²) in [4.78, 5) is 29.1.